The van der Waals surface area contributed by atoms with E-state index in [-0.39, 0.29) is 12.4 Å². The number of halogens is 1. The summed E-state index contributed by atoms with van der Waals surface area (Å²) in [6.45, 7) is 12.9. The molecule has 1 saturated heterocycles. The Bertz CT molecular complexity index is 648. The van der Waals surface area contributed by atoms with Gasteiger partial charge in [-0.25, -0.2) is 0 Å². The molecule has 3 rings (SSSR count). The Morgan fingerprint density at radius 2 is 1.82 bits per heavy atom. The van der Waals surface area contributed by atoms with Crippen LogP contribution in [0.3, 0.4) is 0 Å². The molecule has 0 unspecified atom stereocenters. The van der Waals surface area contributed by atoms with Gasteiger partial charge in [-0.3, -0.25) is 4.90 Å². The van der Waals surface area contributed by atoms with Gasteiger partial charge < -0.3 is 9.64 Å². The maximum atomic E-state index is 5.55. The highest BCUT2D eigenvalue weighted by Crippen LogP contribution is 2.41. The van der Waals surface area contributed by atoms with E-state index in [2.05, 4.69) is 54.8 Å². The summed E-state index contributed by atoms with van der Waals surface area (Å²) in [5.74, 6) is 0.968. The second-order valence-corrected chi connectivity index (χ2v) is 9.02. The number of anilines is 1. The lowest BCUT2D eigenvalue weighted by Crippen LogP contribution is -2.46. The number of piperazine rings is 1. The Morgan fingerprint density at radius 3 is 2.43 bits per heavy atom. The van der Waals surface area contributed by atoms with Gasteiger partial charge in [-0.1, -0.05) is 39.7 Å². The molecule has 3 nitrogen and oxygen atoms in total. The molecule has 1 aromatic carbocycles. The summed E-state index contributed by atoms with van der Waals surface area (Å²) in [4.78, 5) is 5.21. The lowest BCUT2D eigenvalue weighted by molar-refractivity contribution is 0.252. The van der Waals surface area contributed by atoms with Gasteiger partial charge >= 0.3 is 0 Å². The molecule has 1 aromatic rings. The van der Waals surface area contributed by atoms with Crippen molar-refractivity contribution in [1.82, 2.24) is 4.90 Å². The summed E-state index contributed by atoms with van der Waals surface area (Å²) in [5, 5.41) is 0. The van der Waals surface area contributed by atoms with Gasteiger partial charge in [0, 0.05) is 43.5 Å². The van der Waals surface area contributed by atoms with E-state index in [1.807, 2.05) is 0 Å². The van der Waals surface area contributed by atoms with Crippen LogP contribution < -0.4 is 9.64 Å². The minimum Gasteiger partial charge on any atom is -0.497 e. The van der Waals surface area contributed by atoms with Crippen LogP contribution in [-0.4, -0.2) is 44.7 Å². The summed E-state index contributed by atoms with van der Waals surface area (Å²) >= 11 is 0. The maximum Gasteiger partial charge on any atom is 0.120 e. The van der Waals surface area contributed by atoms with Gasteiger partial charge in [-0.15, -0.1) is 12.4 Å². The van der Waals surface area contributed by atoms with Crippen LogP contribution in [0.1, 0.15) is 64.9 Å². The second kappa shape index (κ2) is 10.5. The van der Waals surface area contributed by atoms with Crippen LogP contribution in [0.25, 0.3) is 5.57 Å². The number of unbranched alkanes of at least 4 members (excludes halogenated alkanes) is 2. The van der Waals surface area contributed by atoms with Gasteiger partial charge in [-0.2, -0.15) is 0 Å². The van der Waals surface area contributed by atoms with Crippen molar-refractivity contribution in [3.05, 3.63) is 29.8 Å². The van der Waals surface area contributed by atoms with E-state index in [1.54, 1.807) is 7.11 Å². The number of allylic oxidation sites excluding steroid dienone is 2. The number of methoxy groups -OCH3 is 1. The molecule has 0 atom stereocenters. The molecule has 0 amide bonds. The molecule has 1 heterocycles. The van der Waals surface area contributed by atoms with E-state index >= 15 is 0 Å². The van der Waals surface area contributed by atoms with Gasteiger partial charge in [0.1, 0.15) is 5.75 Å². The minimum atomic E-state index is 0. The van der Waals surface area contributed by atoms with Crippen LogP contribution in [0, 0.1) is 5.41 Å². The standard InChI is InChI=1S/C24H38N2O.ClH/c1-5-6-7-14-25-15-17-26(18-16-25)23-19-21(27-4)8-9-22(23)20-10-12-24(2,3)13-11-20;/h8-10,19H,5-7,11-18H2,1-4H3;1H. The zero-order valence-corrected chi connectivity index (χ0v) is 19.1. The van der Waals surface area contributed by atoms with E-state index < -0.39 is 0 Å². The van der Waals surface area contributed by atoms with Gasteiger partial charge in [0.25, 0.3) is 0 Å². The molecule has 1 aliphatic carbocycles. The fourth-order valence-electron chi connectivity index (χ4n) is 4.29. The van der Waals surface area contributed by atoms with E-state index in [1.165, 1.54) is 75.0 Å². The first-order chi connectivity index (χ1) is 13.0. The van der Waals surface area contributed by atoms with E-state index in [0.717, 1.165) is 18.8 Å². The van der Waals surface area contributed by atoms with Crippen molar-refractivity contribution in [2.24, 2.45) is 5.41 Å². The number of hydrogen-bond donors (Lipinski definition) is 0. The summed E-state index contributed by atoms with van der Waals surface area (Å²) < 4.78 is 5.55. The first kappa shape index (κ1) is 23.1. The maximum absolute atomic E-state index is 5.55. The average Bonchev–Trinajstić information content (AvgIpc) is 2.68. The predicted molar refractivity (Wildman–Crippen MR) is 124 cm³/mol. The predicted octanol–water partition coefficient (Wildman–Crippen LogP) is 6.02. The van der Waals surface area contributed by atoms with Gasteiger partial charge in [0.15, 0.2) is 0 Å². The van der Waals surface area contributed by atoms with Crippen LogP contribution in [0.15, 0.2) is 24.3 Å². The number of ether oxygens (including phenoxy) is 1. The van der Waals surface area contributed by atoms with Gasteiger partial charge in [0.05, 0.1) is 7.11 Å². The van der Waals surface area contributed by atoms with Crippen molar-refractivity contribution in [2.75, 3.05) is 44.7 Å². The number of benzene rings is 1. The Kier molecular flexibility index (Phi) is 8.70. The van der Waals surface area contributed by atoms with E-state index in [9.17, 15) is 0 Å². The Labute approximate surface area is 178 Å². The minimum absolute atomic E-state index is 0. The topological polar surface area (TPSA) is 15.7 Å². The highest BCUT2D eigenvalue weighted by atomic mass is 35.5. The molecule has 0 spiro atoms. The molecule has 2 aliphatic rings. The van der Waals surface area contributed by atoms with Crippen molar-refractivity contribution >= 4 is 23.7 Å². The third-order valence-electron chi connectivity index (χ3n) is 6.31. The van der Waals surface area contributed by atoms with Crippen molar-refractivity contribution in [2.45, 2.75) is 59.3 Å². The van der Waals surface area contributed by atoms with Gasteiger partial charge in [-0.05, 0) is 55.3 Å². The van der Waals surface area contributed by atoms with E-state index in [0.29, 0.717) is 5.41 Å². The van der Waals surface area contributed by atoms with Crippen molar-refractivity contribution in [3.8, 4) is 5.75 Å². The molecule has 0 bridgehead atoms. The third kappa shape index (κ3) is 5.90. The first-order valence-corrected chi connectivity index (χ1v) is 10.9. The first-order valence-electron chi connectivity index (χ1n) is 10.9. The molecule has 28 heavy (non-hydrogen) atoms. The third-order valence-corrected chi connectivity index (χ3v) is 6.31. The molecular formula is C24H39ClN2O. The number of rotatable bonds is 7. The Hall–Kier alpha value is -1.19. The molecule has 0 aromatic heterocycles. The monoisotopic (exact) mass is 406 g/mol. The van der Waals surface area contributed by atoms with Crippen LogP contribution in [0.5, 0.6) is 5.75 Å². The average molecular weight is 407 g/mol. The number of nitrogens with zero attached hydrogens (tertiary/aromatic N) is 2. The highest BCUT2D eigenvalue weighted by molar-refractivity contribution is 5.85. The Morgan fingerprint density at radius 1 is 1.07 bits per heavy atom. The molecule has 4 heteroatoms. The molecule has 158 valence electrons. The normalized spacial score (nSPS) is 19.7. The highest BCUT2D eigenvalue weighted by Gasteiger charge is 2.25. The van der Waals surface area contributed by atoms with Crippen LogP contribution >= 0.6 is 12.4 Å². The van der Waals surface area contributed by atoms with Crippen molar-refractivity contribution in [1.29, 1.82) is 0 Å². The molecule has 1 aliphatic heterocycles. The fraction of sp³-hybridized carbons (Fsp3) is 0.667. The molecule has 0 radical (unpaired) electrons. The summed E-state index contributed by atoms with van der Waals surface area (Å²) in [6, 6.07) is 6.66. The van der Waals surface area contributed by atoms with Gasteiger partial charge in [0.2, 0.25) is 0 Å². The fourth-order valence-corrected chi connectivity index (χ4v) is 4.29. The summed E-state index contributed by atoms with van der Waals surface area (Å²) in [7, 11) is 1.77. The lowest BCUT2D eigenvalue weighted by atomic mass is 9.77. The molecule has 0 saturated carbocycles. The summed E-state index contributed by atoms with van der Waals surface area (Å²) in [5.41, 5.74) is 4.76. The lowest BCUT2D eigenvalue weighted by Gasteiger charge is -2.38. The zero-order chi connectivity index (χ0) is 19.3. The zero-order valence-electron chi connectivity index (χ0n) is 18.3. The molecule has 0 N–H and O–H groups in total. The quantitative estimate of drug-likeness (QED) is 0.514. The Balaban J connectivity index is 0.00000280. The van der Waals surface area contributed by atoms with Crippen molar-refractivity contribution < 1.29 is 4.74 Å². The SMILES string of the molecule is CCCCCN1CCN(c2cc(OC)ccc2C2=CCC(C)(C)CC2)CC1.Cl. The second-order valence-electron chi connectivity index (χ2n) is 9.02. The molecular weight excluding hydrogens is 368 g/mol. The van der Waals surface area contributed by atoms with Crippen LogP contribution in [0.4, 0.5) is 5.69 Å². The van der Waals surface area contributed by atoms with Crippen LogP contribution in [0.2, 0.25) is 0 Å². The summed E-state index contributed by atoms with van der Waals surface area (Å²) in [6.07, 6.45) is 10.1. The van der Waals surface area contributed by atoms with Crippen LogP contribution in [-0.2, 0) is 0 Å². The smallest absolute Gasteiger partial charge is 0.120 e. The number of hydrogen-bond acceptors (Lipinski definition) is 3. The van der Waals surface area contributed by atoms with E-state index in [4.69, 9.17) is 4.74 Å². The molecule has 1 fully saturated rings. The largest absolute Gasteiger partial charge is 0.497 e. The van der Waals surface area contributed by atoms with Crippen molar-refractivity contribution in [3.63, 3.8) is 0 Å².